The number of rotatable bonds is 2. The molecule has 1 aromatic rings. The molecule has 0 saturated heterocycles. The van der Waals surface area contributed by atoms with E-state index in [-0.39, 0.29) is 11.3 Å². The fraction of sp³-hybridized carbons (Fsp3) is 0.417. The monoisotopic (exact) mass is 284 g/mol. The van der Waals surface area contributed by atoms with Gasteiger partial charge in [0, 0.05) is 16.6 Å². The zero-order valence-corrected chi connectivity index (χ0v) is 11.4. The molecule has 1 rings (SSSR count). The predicted octanol–water partition coefficient (Wildman–Crippen LogP) is 3.41. The summed E-state index contributed by atoms with van der Waals surface area (Å²) in [4.78, 5) is 11.7. The highest BCUT2D eigenvalue weighted by molar-refractivity contribution is 9.10. The van der Waals surface area contributed by atoms with E-state index in [1.807, 2.05) is 20.8 Å². The van der Waals surface area contributed by atoms with Crippen LogP contribution in [0.15, 0.2) is 22.7 Å². The Bertz CT molecular complexity index is 396. The number of benzene rings is 1. The molecule has 3 nitrogen and oxygen atoms in total. The average molecular weight is 285 g/mol. The molecule has 0 aliphatic rings. The lowest BCUT2D eigenvalue weighted by Gasteiger charge is -2.17. The van der Waals surface area contributed by atoms with Crippen LogP contribution in [-0.2, 0) is 4.79 Å². The molecule has 3 N–H and O–H groups in total. The van der Waals surface area contributed by atoms with Crippen LogP contribution in [0.25, 0.3) is 0 Å². The maximum Gasteiger partial charge on any atom is 0.224 e. The molecule has 0 aromatic heterocycles. The molecule has 88 valence electrons. The Morgan fingerprint density at radius 2 is 2.06 bits per heavy atom. The normalized spacial score (nSPS) is 11.2. The first kappa shape index (κ1) is 13.0. The zero-order chi connectivity index (χ0) is 12.3. The van der Waals surface area contributed by atoms with E-state index in [0.29, 0.717) is 12.1 Å². The van der Waals surface area contributed by atoms with Crippen molar-refractivity contribution in [3.8, 4) is 0 Å². The van der Waals surface area contributed by atoms with Gasteiger partial charge in [0.1, 0.15) is 0 Å². The molecule has 0 saturated carbocycles. The maximum absolute atomic E-state index is 11.7. The Morgan fingerprint density at radius 1 is 1.44 bits per heavy atom. The summed E-state index contributed by atoms with van der Waals surface area (Å²) < 4.78 is 0.801. The third-order valence-electron chi connectivity index (χ3n) is 1.96. The van der Waals surface area contributed by atoms with Crippen LogP contribution in [-0.4, -0.2) is 5.91 Å². The van der Waals surface area contributed by atoms with Crippen molar-refractivity contribution in [1.82, 2.24) is 0 Å². The minimum atomic E-state index is -0.00956. The summed E-state index contributed by atoms with van der Waals surface area (Å²) in [6.45, 7) is 6.10. The van der Waals surface area contributed by atoms with Gasteiger partial charge in [0.15, 0.2) is 0 Å². The Hall–Kier alpha value is -1.03. The molecule has 0 atom stereocenters. The van der Waals surface area contributed by atoms with Crippen LogP contribution in [0.2, 0.25) is 0 Å². The lowest BCUT2D eigenvalue weighted by atomic mass is 9.92. The van der Waals surface area contributed by atoms with Crippen LogP contribution in [0.4, 0.5) is 11.4 Å². The number of carbonyl (C=O) groups excluding carboxylic acids is 1. The summed E-state index contributed by atoms with van der Waals surface area (Å²) >= 11 is 3.36. The van der Waals surface area contributed by atoms with E-state index in [1.54, 1.807) is 18.2 Å². The number of halogens is 1. The highest BCUT2D eigenvalue weighted by atomic mass is 79.9. The van der Waals surface area contributed by atoms with Crippen molar-refractivity contribution in [2.45, 2.75) is 27.2 Å². The molecule has 0 aliphatic carbocycles. The summed E-state index contributed by atoms with van der Waals surface area (Å²) in [5.74, 6) is 0.0120. The number of nitrogens with two attached hydrogens (primary N) is 1. The topological polar surface area (TPSA) is 55.1 Å². The largest absolute Gasteiger partial charge is 0.399 e. The third-order valence-corrected chi connectivity index (χ3v) is 2.61. The molecule has 1 amide bonds. The lowest BCUT2D eigenvalue weighted by molar-refractivity contribution is -0.117. The summed E-state index contributed by atoms with van der Waals surface area (Å²) in [7, 11) is 0. The van der Waals surface area contributed by atoms with E-state index in [4.69, 9.17) is 5.73 Å². The predicted molar refractivity (Wildman–Crippen MR) is 71.3 cm³/mol. The summed E-state index contributed by atoms with van der Waals surface area (Å²) in [5.41, 5.74) is 7.03. The number of amides is 1. The number of hydrogen-bond donors (Lipinski definition) is 2. The number of carbonyl (C=O) groups is 1. The van der Waals surface area contributed by atoms with Crippen LogP contribution in [0, 0.1) is 5.41 Å². The Kier molecular flexibility index (Phi) is 3.97. The lowest BCUT2D eigenvalue weighted by Crippen LogP contribution is -2.19. The van der Waals surface area contributed by atoms with Gasteiger partial charge in [-0.3, -0.25) is 4.79 Å². The van der Waals surface area contributed by atoms with E-state index in [2.05, 4.69) is 21.2 Å². The molecule has 0 fully saturated rings. The summed E-state index contributed by atoms with van der Waals surface area (Å²) in [6, 6.07) is 5.32. The van der Waals surface area contributed by atoms with Gasteiger partial charge >= 0.3 is 0 Å². The molecule has 0 bridgehead atoms. The highest BCUT2D eigenvalue weighted by Crippen LogP contribution is 2.26. The molecule has 0 unspecified atom stereocenters. The van der Waals surface area contributed by atoms with Gasteiger partial charge < -0.3 is 11.1 Å². The van der Waals surface area contributed by atoms with Crippen molar-refractivity contribution in [1.29, 1.82) is 0 Å². The van der Waals surface area contributed by atoms with Crippen molar-refractivity contribution < 1.29 is 4.79 Å². The van der Waals surface area contributed by atoms with E-state index in [1.165, 1.54) is 0 Å². The molecule has 0 radical (unpaired) electrons. The van der Waals surface area contributed by atoms with Crippen molar-refractivity contribution >= 4 is 33.2 Å². The van der Waals surface area contributed by atoms with Crippen LogP contribution in [0.3, 0.4) is 0 Å². The van der Waals surface area contributed by atoms with Crippen LogP contribution < -0.4 is 11.1 Å². The van der Waals surface area contributed by atoms with Crippen LogP contribution in [0.5, 0.6) is 0 Å². The van der Waals surface area contributed by atoms with Gasteiger partial charge in [-0.1, -0.05) is 20.8 Å². The Morgan fingerprint density at radius 3 is 2.56 bits per heavy atom. The number of nitrogens with one attached hydrogen (secondary N) is 1. The van der Waals surface area contributed by atoms with Gasteiger partial charge in [0.25, 0.3) is 0 Å². The molecular formula is C12H17BrN2O. The van der Waals surface area contributed by atoms with Gasteiger partial charge in [0.05, 0.1) is 5.69 Å². The van der Waals surface area contributed by atoms with Crippen LogP contribution in [0.1, 0.15) is 27.2 Å². The Balaban J connectivity index is 2.70. The minimum absolute atomic E-state index is 0.00956. The van der Waals surface area contributed by atoms with E-state index < -0.39 is 0 Å². The molecule has 0 heterocycles. The number of anilines is 2. The fourth-order valence-corrected chi connectivity index (χ4v) is 1.80. The molecule has 0 spiro atoms. The average Bonchev–Trinajstić information content (AvgIpc) is 2.06. The first-order valence-electron chi connectivity index (χ1n) is 5.13. The van der Waals surface area contributed by atoms with Crippen molar-refractivity contribution in [3.05, 3.63) is 22.7 Å². The highest BCUT2D eigenvalue weighted by Gasteiger charge is 2.16. The molecule has 1 aromatic carbocycles. The van der Waals surface area contributed by atoms with E-state index in [9.17, 15) is 4.79 Å². The molecular weight excluding hydrogens is 268 g/mol. The maximum atomic E-state index is 11.7. The summed E-state index contributed by atoms with van der Waals surface area (Å²) in [6.07, 6.45) is 0.490. The fourth-order valence-electron chi connectivity index (χ4n) is 1.31. The number of nitrogen functional groups attached to an aromatic ring is 1. The second-order valence-corrected chi connectivity index (χ2v) is 5.88. The van der Waals surface area contributed by atoms with Crippen molar-refractivity contribution in [2.24, 2.45) is 5.41 Å². The standard InChI is InChI=1S/C12H17BrN2O/c1-12(2,3)7-11(16)15-10-5-4-8(14)6-9(10)13/h4-6H,7,14H2,1-3H3,(H,15,16). The van der Waals surface area contributed by atoms with Crippen molar-refractivity contribution in [3.63, 3.8) is 0 Å². The zero-order valence-electron chi connectivity index (χ0n) is 9.80. The quantitative estimate of drug-likeness (QED) is 0.818. The van der Waals surface area contributed by atoms with Gasteiger partial charge in [-0.15, -0.1) is 0 Å². The first-order valence-corrected chi connectivity index (χ1v) is 5.92. The molecule has 16 heavy (non-hydrogen) atoms. The van der Waals surface area contributed by atoms with Gasteiger partial charge in [0.2, 0.25) is 5.91 Å². The minimum Gasteiger partial charge on any atom is -0.399 e. The summed E-state index contributed by atoms with van der Waals surface area (Å²) in [5, 5.41) is 2.85. The van der Waals surface area contributed by atoms with Crippen LogP contribution >= 0.6 is 15.9 Å². The van der Waals surface area contributed by atoms with Gasteiger partial charge in [-0.2, -0.15) is 0 Å². The molecule has 4 heteroatoms. The van der Waals surface area contributed by atoms with E-state index >= 15 is 0 Å². The van der Waals surface area contributed by atoms with Gasteiger partial charge in [-0.05, 0) is 39.5 Å². The third kappa shape index (κ3) is 4.23. The Labute approximate surface area is 105 Å². The smallest absolute Gasteiger partial charge is 0.224 e. The molecule has 0 aliphatic heterocycles. The van der Waals surface area contributed by atoms with E-state index in [0.717, 1.165) is 10.2 Å². The van der Waals surface area contributed by atoms with Gasteiger partial charge in [-0.25, -0.2) is 0 Å². The SMILES string of the molecule is CC(C)(C)CC(=O)Nc1ccc(N)cc1Br. The number of hydrogen-bond acceptors (Lipinski definition) is 2. The second kappa shape index (κ2) is 4.87. The van der Waals surface area contributed by atoms with Crippen molar-refractivity contribution in [2.75, 3.05) is 11.1 Å². The first-order chi connectivity index (χ1) is 7.28. The second-order valence-electron chi connectivity index (χ2n) is 5.02.